The fourth-order valence-corrected chi connectivity index (χ4v) is 5.78. The summed E-state index contributed by atoms with van der Waals surface area (Å²) < 4.78 is 0. The van der Waals surface area contributed by atoms with Crippen LogP contribution in [-0.2, 0) is 6.42 Å². The molecule has 2 aliphatic rings. The lowest BCUT2D eigenvalue weighted by Gasteiger charge is -2.33. The molecule has 5 rings (SSSR count). The zero-order valence-electron chi connectivity index (χ0n) is 17.1. The Kier molecular flexibility index (Phi) is 5.04. The van der Waals surface area contributed by atoms with Crippen molar-refractivity contribution < 1.29 is 0 Å². The van der Waals surface area contributed by atoms with E-state index in [0.717, 1.165) is 18.1 Å². The molecule has 0 amide bonds. The highest BCUT2D eigenvalue weighted by atomic mass is 32.1. The second-order valence-electron chi connectivity index (χ2n) is 8.80. The van der Waals surface area contributed by atoms with Crippen LogP contribution in [0.1, 0.15) is 48.8 Å². The molecule has 29 heavy (non-hydrogen) atoms. The van der Waals surface area contributed by atoms with Gasteiger partial charge in [-0.15, -0.1) is 11.3 Å². The maximum absolute atomic E-state index is 4.43. The number of anilines is 2. The van der Waals surface area contributed by atoms with Gasteiger partial charge in [-0.25, -0.2) is 4.98 Å². The lowest BCUT2D eigenvalue weighted by Crippen LogP contribution is -2.31. The highest BCUT2D eigenvalue weighted by Gasteiger charge is 2.43. The molecule has 1 fully saturated rings. The van der Waals surface area contributed by atoms with Crippen LogP contribution in [0, 0.1) is 5.41 Å². The second-order valence-corrected chi connectivity index (χ2v) is 9.69. The summed E-state index contributed by atoms with van der Waals surface area (Å²) in [6.07, 6.45) is 6.97. The van der Waals surface area contributed by atoms with E-state index in [0.29, 0.717) is 5.92 Å². The van der Waals surface area contributed by atoms with Crippen molar-refractivity contribution in [1.29, 1.82) is 0 Å². The number of rotatable bonds is 5. The summed E-state index contributed by atoms with van der Waals surface area (Å²) in [5, 5.41) is 6.67. The molecule has 0 saturated carbocycles. The number of piperidine rings is 1. The first-order valence-electron chi connectivity index (χ1n) is 10.8. The SMILES string of the molecule is C[C@@]1(CNc2nccs2)Cc2ccc(N3CCCCC3)cc2[C@@H]1c1ccccc1. The minimum absolute atomic E-state index is 0.121. The molecule has 2 aromatic carbocycles. The van der Waals surface area contributed by atoms with Crippen LogP contribution in [0.3, 0.4) is 0 Å². The molecule has 0 unspecified atom stereocenters. The van der Waals surface area contributed by atoms with Gasteiger partial charge in [0.1, 0.15) is 0 Å². The third kappa shape index (κ3) is 3.66. The van der Waals surface area contributed by atoms with Crippen molar-refractivity contribution >= 4 is 22.2 Å². The monoisotopic (exact) mass is 403 g/mol. The highest BCUT2D eigenvalue weighted by molar-refractivity contribution is 7.13. The number of nitrogens with zero attached hydrogens (tertiary/aromatic N) is 2. The molecule has 2 heterocycles. The maximum atomic E-state index is 4.43. The molecule has 1 aliphatic heterocycles. The quantitative estimate of drug-likeness (QED) is 0.571. The molecule has 0 bridgehead atoms. The second kappa shape index (κ2) is 7.83. The van der Waals surface area contributed by atoms with E-state index in [1.165, 1.54) is 54.7 Å². The van der Waals surface area contributed by atoms with Crippen LogP contribution in [0.2, 0.25) is 0 Å². The Morgan fingerprint density at radius 3 is 2.69 bits per heavy atom. The summed E-state index contributed by atoms with van der Waals surface area (Å²) in [6, 6.07) is 18.3. The van der Waals surface area contributed by atoms with Gasteiger partial charge in [0.05, 0.1) is 0 Å². The standard InChI is InChI=1S/C25H29N3S/c1-25(18-27-24-26-12-15-29-24)17-20-10-11-21(28-13-6-3-7-14-28)16-22(20)23(25)19-8-4-2-5-9-19/h2,4-5,8-12,15-16,23H,3,6-7,13-14,17-18H2,1H3,(H,26,27)/t23-,25-/m0/s1. The third-order valence-electron chi connectivity index (χ3n) is 6.66. The zero-order chi connectivity index (χ0) is 19.7. The third-order valence-corrected chi connectivity index (χ3v) is 7.39. The van der Waals surface area contributed by atoms with Crippen LogP contribution >= 0.6 is 11.3 Å². The first-order valence-corrected chi connectivity index (χ1v) is 11.7. The number of hydrogen-bond acceptors (Lipinski definition) is 4. The smallest absolute Gasteiger partial charge is 0.182 e. The number of fused-ring (bicyclic) bond motifs is 1. The van der Waals surface area contributed by atoms with Crippen LogP contribution in [0.25, 0.3) is 0 Å². The Bertz CT molecular complexity index is 947. The molecule has 4 heteroatoms. The van der Waals surface area contributed by atoms with Crippen molar-refractivity contribution in [2.24, 2.45) is 5.41 Å². The van der Waals surface area contributed by atoms with E-state index < -0.39 is 0 Å². The van der Waals surface area contributed by atoms with Gasteiger partial charge >= 0.3 is 0 Å². The molecule has 1 saturated heterocycles. The molecule has 3 aromatic rings. The molecule has 1 aromatic heterocycles. The Morgan fingerprint density at radius 2 is 1.93 bits per heavy atom. The highest BCUT2D eigenvalue weighted by Crippen LogP contribution is 2.51. The fourth-order valence-electron chi connectivity index (χ4n) is 5.25. The first-order chi connectivity index (χ1) is 14.2. The summed E-state index contributed by atoms with van der Waals surface area (Å²) in [7, 11) is 0. The summed E-state index contributed by atoms with van der Waals surface area (Å²) in [4.78, 5) is 7.01. The van der Waals surface area contributed by atoms with Crippen molar-refractivity contribution in [3.63, 3.8) is 0 Å². The molecule has 0 spiro atoms. The maximum Gasteiger partial charge on any atom is 0.182 e. The molecule has 2 atom stereocenters. The number of nitrogens with one attached hydrogen (secondary N) is 1. The van der Waals surface area contributed by atoms with Crippen LogP contribution in [-0.4, -0.2) is 24.6 Å². The van der Waals surface area contributed by atoms with E-state index in [1.807, 2.05) is 11.6 Å². The van der Waals surface area contributed by atoms with Gasteiger partial charge in [0.15, 0.2) is 5.13 Å². The van der Waals surface area contributed by atoms with Gasteiger partial charge in [0, 0.05) is 42.8 Å². The van der Waals surface area contributed by atoms with Crippen LogP contribution < -0.4 is 10.2 Å². The fraction of sp³-hybridized carbons (Fsp3) is 0.400. The number of thiazole rings is 1. The van der Waals surface area contributed by atoms with Crippen LogP contribution in [0.15, 0.2) is 60.1 Å². The molecule has 3 nitrogen and oxygen atoms in total. The summed E-state index contributed by atoms with van der Waals surface area (Å²) >= 11 is 1.68. The zero-order valence-corrected chi connectivity index (χ0v) is 17.9. The number of hydrogen-bond donors (Lipinski definition) is 1. The number of benzene rings is 2. The predicted octanol–water partition coefficient (Wildman–Crippen LogP) is 5.94. The van der Waals surface area contributed by atoms with Gasteiger partial charge in [-0.1, -0.05) is 43.3 Å². The van der Waals surface area contributed by atoms with Gasteiger partial charge < -0.3 is 10.2 Å². The van der Waals surface area contributed by atoms with Gasteiger partial charge in [0.25, 0.3) is 0 Å². The normalized spacial score (nSPS) is 23.8. The lowest BCUT2D eigenvalue weighted by atomic mass is 9.74. The molecular weight excluding hydrogens is 374 g/mol. The minimum Gasteiger partial charge on any atom is -0.372 e. The van der Waals surface area contributed by atoms with E-state index in [4.69, 9.17) is 0 Å². The van der Waals surface area contributed by atoms with E-state index in [2.05, 4.69) is 70.7 Å². The van der Waals surface area contributed by atoms with Crippen LogP contribution in [0.4, 0.5) is 10.8 Å². The topological polar surface area (TPSA) is 28.2 Å². The van der Waals surface area contributed by atoms with Crippen molar-refractivity contribution in [2.75, 3.05) is 29.9 Å². The van der Waals surface area contributed by atoms with E-state index in [1.54, 1.807) is 11.3 Å². The Hall–Kier alpha value is -2.33. The van der Waals surface area contributed by atoms with Crippen molar-refractivity contribution in [1.82, 2.24) is 4.98 Å². The molecule has 1 aliphatic carbocycles. The summed E-state index contributed by atoms with van der Waals surface area (Å²) in [6.45, 7) is 5.75. The molecule has 150 valence electrons. The summed E-state index contributed by atoms with van der Waals surface area (Å²) in [5.41, 5.74) is 5.97. The van der Waals surface area contributed by atoms with Gasteiger partial charge in [0.2, 0.25) is 0 Å². The van der Waals surface area contributed by atoms with Gasteiger partial charge in [-0.05, 0) is 59.9 Å². The van der Waals surface area contributed by atoms with E-state index >= 15 is 0 Å². The van der Waals surface area contributed by atoms with Gasteiger partial charge in [-0.2, -0.15) is 0 Å². The van der Waals surface area contributed by atoms with Crippen molar-refractivity contribution in [2.45, 2.75) is 38.5 Å². The molecule has 1 N–H and O–H groups in total. The molecular formula is C25H29N3S. The Morgan fingerprint density at radius 1 is 1.10 bits per heavy atom. The van der Waals surface area contributed by atoms with Gasteiger partial charge in [-0.3, -0.25) is 0 Å². The first kappa shape index (κ1) is 18.7. The molecule has 0 radical (unpaired) electrons. The predicted molar refractivity (Wildman–Crippen MR) is 123 cm³/mol. The van der Waals surface area contributed by atoms with Crippen molar-refractivity contribution in [3.05, 3.63) is 76.8 Å². The van der Waals surface area contributed by atoms with Crippen molar-refractivity contribution in [3.8, 4) is 0 Å². The van der Waals surface area contributed by atoms with E-state index in [9.17, 15) is 0 Å². The van der Waals surface area contributed by atoms with Crippen LogP contribution in [0.5, 0.6) is 0 Å². The largest absolute Gasteiger partial charge is 0.372 e. The number of aromatic nitrogens is 1. The average Bonchev–Trinajstić information content (AvgIpc) is 3.38. The Labute approximate surface area is 177 Å². The summed E-state index contributed by atoms with van der Waals surface area (Å²) in [5.74, 6) is 0.399. The average molecular weight is 404 g/mol. The minimum atomic E-state index is 0.121. The Balaban J connectivity index is 1.50. The lowest BCUT2D eigenvalue weighted by molar-refractivity contribution is 0.329. The van der Waals surface area contributed by atoms with E-state index in [-0.39, 0.29) is 5.41 Å².